The first-order chi connectivity index (χ1) is 15.9. The van der Waals surface area contributed by atoms with Crippen molar-refractivity contribution in [3.8, 4) is 0 Å². The van der Waals surface area contributed by atoms with E-state index in [9.17, 15) is 31.2 Å². The molecule has 2 aromatic rings. The summed E-state index contributed by atoms with van der Waals surface area (Å²) in [6.07, 6.45) is -3.68. The van der Waals surface area contributed by atoms with Crippen molar-refractivity contribution in [3.63, 3.8) is 0 Å². The number of carbonyl (C=O) groups excluding carboxylic acids is 2. The van der Waals surface area contributed by atoms with Gasteiger partial charge in [0.25, 0.3) is 5.91 Å². The Labute approximate surface area is 196 Å². The van der Waals surface area contributed by atoms with Crippen LogP contribution in [0.2, 0.25) is 0 Å². The first-order valence-electron chi connectivity index (χ1n) is 10.7. The van der Waals surface area contributed by atoms with Crippen molar-refractivity contribution in [2.75, 3.05) is 18.1 Å². The summed E-state index contributed by atoms with van der Waals surface area (Å²) in [4.78, 5) is 26.2. The minimum atomic E-state index is -4.73. The van der Waals surface area contributed by atoms with Crippen LogP contribution >= 0.6 is 0 Å². The number of nitrogens with zero attached hydrogens (tertiary/aromatic N) is 1. The van der Waals surface area contributed by atoms with Crippen LogP contribution in [-0.4, -0.2) is 39.5 Å². The van der Waals surface area contributed by atoms with Gasteiger partial charge in [-0.05, 0) is 42.2 Å². The highest BCUT2D eigenvalue weighted by Gasteiger charge is 2.35. The lowest BCUT2D eigenvalue weighted by molar-refractivity contribution is -0.150. The van der Waals surface area contributed by atoms with Crippen LogP contribution in [0.3, 0.4) is 0 Å². The second-order valence-electron chi connectivity index (χ2n) is 8.04. The number of carbonyl (C=O) groups is 2. The van der Waals surface area contributed by atoms with E-state index in [1.54, 1.807) is 26.0 Å². The molecular weight excluding hydrogens is 473 g/mol. The molecule has 1 aliphatic heterocycles. The van der Waals surface area contributed by atoms with E-state index >= 15 is 0 Å². The van der Waals surface area contributed by atoms with Crippen molar-refractivity contribution >= 4 is 27.6 Å². The molecule has 1 amide bonds. The molecule has 0 radical (unpaired) electrons. The van der Waals surface area contributed by atoms with Gasteiger partial charge in [0.05, 0.1) is 10.5 Å². The Morgan fingerprint density at radius 3 is 2.53 bits per heavy atom. The molecule has 0 saturated heterocycles. The number of nitrogens with one attached hydrogen (secondary N) is 1. The maximum Gasteiger partial charge on any atom is 0.416 e. The molecule has 2 atom stereocenters. The van der Waals surface area contributed by atoms with Crippen molar-refractivity contribution in [3.05, 3.63) is 59.7 Å². The standard InChI is InChI=1S/C23H25F3N2O5S/c1-3-15(2)21(27-34(31,32)18-9-6-8-17(13-18)23(24,25)26)22(30)33-14-20(29)28-12-11-16-7-4-5-10-19(16)28/h4-10,13,15,21,27H,3,11-12,14H2,1-2H3. The second-order valence-corrected chi connectivity index (χ2v) is 9.76. The Balaban J connectivity index is 1.72. The molecule has 0 aliphatic carbocycles. The summed E-state index contributed by atoms with van der Waals surface area (Å²) in [5, 5.41) is 0. The lowest BCUT2D eigenvalue weighted by atomic mass is 10.0. The number of anilines is 1. The van der Waals surface area contributed by atoms with E-state index in [0.29, 0.717) is 25.5 Å². The fourth-order valence-electron chi connectivity index (χ4n) is 3.60. The van der Waals surface area contributed by atoms with Crippen LogP contribution < -0.4 is 9.62 Å². The van der Waals surface area contributed by atoms with Crippen molar-refractivity contribution < 1.29 is 35.9 Å². The quantitative estimate of drug-likeness (QED) is 0.562. The largest absolute Gasteiger partial charge is 0.454 e. The molecule has 2 unspecified atom stereocenters. The monoisotopic (exact) mass is 498 g/mol. The summed E-state index contributed by atoms with van der Waals surface area (Å²) in [6.45, 7) is 3.16. The normalized spacial score (nSPS) is 15.5. The first-order valence-corrected chi connectivity index (χ1v) is 12.2. The summed E-state index contributed by atoms with van der Waals surface area (Å²) < 4.78 is 71.8. The van der Waals surface area contributed by atoms with Gasteiger partial charge < -0.3 is 9.64 Å². The summed E-state index contributed by atoms with van der Waals surface area (Å²) in [5.41, 5.74) is 0.593. The number of esters is 1. The molecule has 0 saturated carbocycles. The Bertz CT molecular complexity index is 1170. The fraction of sp³-hybridized carbons (Fsp3) is 0.391. The van der Waals surface area contributed by atoms with E-state index in [2.05, 4.69) is 4.72 Å². The van der Waals surface area contributed by atoms with Gasteiger partial charge in [0.1, 0.15) is 6.04 Å². The van der Waals surface area contributed by atoms with E-state index < -0.39 is 57.1 Å². The molecule has 0 fully saturated rings. The number of halogens is 3. The van der Waals surface area contributed by atoms with Crippen LogP contribution in [0.5, 0.6) is 0 Å². The van der Waals surface area contributed by atoms with Gasteiger partial charge in [0.2, 0.25) is 10.0 Å². The van der Waals surface area contributed by atoms with Crippen molar-refractivity contribution in [1.29, 1.82) is 0 Å². The van der Waals surface area contributed by atoms with Gasteiger partial charge >= 0.3 is 12.1 Å². The zero-order valence-corrected chi connectivity index (χ0v) is 19.4. The topological polar surface area (TPSA) is 92.8 Å². The van der Waals surface area contributed by atoms with Gasteiger partial charge in [0, 0.05) is 12.2 Å². The molecule has 2 aromatic carbocycles. The number of alkyl halides is 3. The summed E-state index contributed by atoms with van der Waals surface area (Å²) in [7, 11) is -4.48. The molecule has 7 nitrogen and oxygen atoms in total. The average Bonchev–Trinajstić information content (AvgIpc) is 3.24. The number of hydrogen-bond donors (Lipinski definition) is 1. The number of para-hydroxylation sites is 1. The van der Waals surface area contributed by atoms with E-state index in [4.69, 9.17) is 4.74 Å². The summed E-state index contributed by atoms with van der Waals surface area (Å²) >= 11 is 0. The van der Waals surface area contributed by atoms with Gasteiger partial charge in [-0.3, -0.25) is 9.59 Å². The van der Waals surface area contributed by atoms with E-state index in [1.165, 1.54) is 4.90 Å². The number of hydrogen-bond acceptors (Lipinski definition) is 5. The fourth-order valence-corrected chi connectivity index (χ4v) is 4.94. The third kappa shape index (κ3) is 5.76. The molecule has 11 heteroatoms. The minimum absolute atomic E-state index is 0.373. The van der Waals surface area contributed by atoms with Crippen LogP contribution in [-0.2, 0) is 36.9 Å². The molecule has 0 aromatic heterocycles. The number of ether oxygens (including phenoxy) is 1. The predicted octanol–water partition coefficient (Wildman–Crippen LogP) is 3.53. The average molecular weight is 499 g/mol. The Morgan fingerprint density at radius 2 is 1.85 bits per heavy atom. The Kier molecular flexibility index (Phi) is 7.67. The zero-order chi connectivity index (χ0) is 25.1. The highest BCUT2D eigenvalue weighted by atomic mass is 32.2. The molecule has 0 spiro atoms. The van der Waals surface area contributed by atoms with Crippen molar-refractivity contribution in [1.82, 2.24) is 4.72 Å². The second kappa shape index (κ2) is 10.1. The van der Waals surface area contributed by atoms with E-state index in [-0.39, 0.29) is 0 Å². The van der Waals surface area contributed by atoms with Gasteiger partial charge in [-0.25, -0.2) is 8.42 Å². The van der Waals surface area contributed by atoms with E-state index in [0.717, 1.165) is 29.4 Å². The number of amides is 1. The van der Waals surface area contributed by atoms with Crippen molar-refractivity contribution in [2.45, 2.75) is 43.8 Å². The van der Waals surface area contributed by atoms with Crippen LogP contribution in [0.25, 0.3) is 0 Å². The van der Waals surface area contributed by atoms with Crippen molar-refractivity contribution in [2.24, 2.45) is 5.92 Å². The molecule has 1 aliphatic rings. The van der Waals surface area contributed by atoms with Crippen LogP contribution in [0.15, 0.2) is 53.4 Å². The third-order valence-corrected chi connectivity index (χ3v) is 7.19. The summed E-state index contributed by atoms with van der Waals surface area (Å²) in [6, 6.07) is 9.17. The smallest absolute Gasteiger partial charge is 0.416 e. The van der Waals surface area contributed by atoms with Gasteiger partial charge in [-0.2, -0.15) is 17.9 Å². The number of rotatable bonds is 8. The van der Waals surface area contributed by atoms with Crippen LogP contribution in [0.1, 0.15) is 31.4 Å². The van der Waals surface area contributed by atoms with Crippen LogP contribution in [0.4, 0.5) is 18.9 Å². The third-order valence-electron chi connectivity index (χ3n) is 5.75. The lowest BCUT2D eigenvalue weighted by Gasteiger charge is -2.23. The number of fused-ring (bicyclic) bond motifs is 1. The SMILES string of the molecule is CCC(C)C(NS(=O)(=O)c1cccc(C(F)(F)F)c1)C(=O)OCC(=O)N1CCc2ccccc21. The Hall–Kier alpha value is -2.92. The zero-order valence-electron chi connectivity index (χ0n) is 18.6. The molecule has 34 heavy (non-hydrogen) atoms. The van der Waals surface area contributed by atoms with Gasteiger partial charge in [-0.1, -0.05) is 44.5 Å². The predicted molar refractivity (Wildman–Crippen MR) is 118 cm³/mol. The maximum atomic E-state index is 13.0. The lowest BCUT2D eigenvalue weighted by Crippen LogP contribution is -2.46. The molecular formula is C23H25F3N2O5S. The van der Waals surface area contributed by atoms with Gasteiger partial charge in [0.15, 0.2) is 6.61 Å². The highest BCUT2D eigenvalue weighted by Crippen LogP contribution is 2.31. The number of benzene rings is 2. The molecule has 1 N–H and O–H groups in total. The summed E-state index contributed by atoms with van der Waals surface area (Å²) in [5.74, 6) is -1.98. The van der Waals surface area contributed by atoms with Crippen LogP contribution in [0, 0.1) is 5.92 Å². The van der Waals surface area contributed by atoms with E-state index in [1.807, 2.05) is 12.1 Å². The molecule has 184 valence electrons. The molecule has 1 heterocycles. The minimum Gasteiger partial charge on any atom is -0.454 e. The number of sulfonamides is 1. The van der Waals surface area contributed by atoms with Gasteiger partial charge in [-0.15, -0.1) is 0 Å². The molecule has 3 rings (SSSR count). The Morgan fingerprint density at radius 1 is 1.15 bits per heavy atom. The highest BCUT2D eigenvalue weighted by molar-refractivity contribution is 7.89. The molecule has 0 bridgehead atoms. The first kappa shape index (κ1) is 25.7. The maximum absolute atomic E-state index is 13.0.